The number of benzene rings is 1. The molecule has 1 aromatic rings. The molecule has 1 fully saturated rings. The second-order valence-corrected chi connectivity index (χ2v) is 5.14. The summed E-state index contributed by atoms with van der Waals surface area (Å²) in [4.78, 5) is 13.0. The number of carbonyl (C=O) groups excluding carboxylic acids is 1. The highest BCUT2D eigenvalue weighted by molar-refractivity contribution is 5.72. The third-order valence-electron chi connectivity index (χ3n) is 3.51. The molecule has 1 heterocycles. The highest BCUT2D eigenvalue weighted by Crippen LogP contribution is 2.23. The number of nitrogens with one attached hydrogen (secondary N) is 1. The summed E-state index contributed by atoms with van der Waals surface area (Å²) in [5, 5.41) is 22.6. The van der Waals surface area contributed by atoms with E-state index in [0.29, 0.717) is 18.8 Å². The van der Waals surface area contributed by atoms with Gasteiger partial charge in [-0.05, 0) is 17.7 Å². The molecule has 3 N–H and O–H groups in total. The van der Waals surface area contributed by atoms with Gasteiger partial charge in [0, 0.05) is 32.2 Å². The number of carbonyl (C=O) groups is 1. The fourth-order valence-electron chi connectivity index (χ4n) is 2.31. The van der Waals surface area contributed by atoms with E-state index in [1.165, 1.54) is 6.92 Å². The van der Waals surface area contributed by atoms with E-state index in [-0.39, 0.29) is 12.5 Å². The molecule has 2 rings (SSSR count). The fourth-order valence-corrected chi connectivity index (χ4v) is 2.31. The molecule has 1 aromatic carbocycles. The number of rotatable bonds is 5. The molecule has 21 heavy (non-hydrogen) atoms. The third-order valence-corrected chi connectivity index (χ3v) is 3.51. The van der Waals surface area contributed by atoms with Gasteiger partial charge in [0.05, 0.1) is 13.2 Å². The van der Waals surface area contributed by atoms with Gasteiger partial charge >= 0.3 is 0 Å². The minimum atomic E-state index is -1.03. The Morgan fingerprint density at radius 1 is 1.38 bits per heavy atom. The van der Waals surface area contributed by atoms with Crippen LogP contribution in [-0.2, 0) is 9.53 Å². The van der Waals surface area contributed by atoms with Gasteiger partial charge in [0.1, 0.15) is 12.2 Å². The van der Waals surface area contributed by atoms with Gasteiger partial charge in [-0.2, -0.15) is 0 Å². The number of ether oxygens (including phenoxy) is 1. The average molecular weight is 294 g/mol. The Kier molecular flexibility index (Phi) is 5.55. The van der Waals surface area contributed by atoms with Crippen molar-refractivity contribution < 1.29 is 19.7 Å². The van der Waals surface area contributed by atoms with Crippen molar-refractivity contribution in [1.29, 1.82) is 0 Å². The number of aliphatic hydroxyl groups excluding tert-OH is 2. The van der Waals surface area contributed by atoms with Crippen molar-refractivity contribution in [2.24, 2.45) is 0 Å². The SMILES string of the molecule is CC(=O)NCC(O)C(O)c1cccc(N2CCOCC2)c1. The summed E-state index contributed by atoms with van der Waals surface area (Å²) in [5.74, 6) is -0.233. The van der Waals surface area contributed by atoms with Crippen LogP contribution in [0.5, 0.6) is 0 Å². The number of anilines is 1. The lowest BCUT2D eigenvalue weighted by Gasteiger charge is -2.29. The van der Waals surface area contributed by atoms with Crippen molar-refractivity contribution in [2.75, 3.05) is 37.7 Å². The predicted octanol–water partition coefficient (Wildman–Crippen LogP) is 0.0536. The van der Waals surface area contributed by atoms with Crippen LogP contribution < -0.4 is 10.2 Å². The van der Waals surface area contributed by atoms with E-state index in [9.17, 15) is 15.0 Å². The zero-order valence-corrected chi connectivity index (χ0v) is 12.2. The van der Waals surface area contributed by atoms with Crippen molar-refractivity contribution in [1.82, 2.24) is 5.32 Å². The van der Waals surface area contributed by atoms with Crippen LogP contribution in [0.15, 0.2) is 24.3 Å². The Bertz CT molecular complexity index is 474. The van der Waals surface area contributed by atoms with Gasteiger partial charge in [-0.15, -0.1) is 0 Å². The predicted molar refractivity (Wildman–Crippen MR) is 79.1 cm³/mol. The van der Waals surface area contributed by atoms with Crippen LogP contribution in [0.2, 0.25) is 0 Å². The number of aliphatic hydroxyl groups is 2. The summed E-state index contributed by atoms with van der Waals surface area (Å²) in [6, 6.07) is 7.47. The first-order valence-corrected chi connectivity index (χ1v) is 7.11. The molecule has 1 saturated heterocycles. The number of hydrogen-bond donors (Lipinski definition) is 3. The zero-order valence-electron chi connectivity index (χ0n) is 12.2. The molecule has 0 radical (unpaired) electrons. The largest absolute Gasteiger partial charge is 0.388 e. The molecule has 1 amide bonds. The van der Waals surface area contributed by atoms with Crippen molar-refractivity contribution in [3.8, 4) is 0 Å². The summed E-state index contributed by atoms with van der Waals surface area (Å²) < 4.78 is 5.32. The Morgan fingerprint density at radius 2 is 2.10 bits per heavy atom. The molecule has 0 aromatic heterocycles. The maximum absolute atomic E-state index is 10.8. The number of hydrogen-bond acceptors (Lipinski definition) is 5. The first kappa shape index (κ1) is 15.8. The molecule has 1 aliphatic heterocycles. The Morgan fingerprint density at radius 3 is 2.76 bits per heavy atom. The van der Waals surface area contributed by atoms with Crippen LogP contribution >= 0.6 is 0 Å². The van der Waals surface area contributed by atoms with Gasteiger partial charge in [0.15, 0.2) is 0 Å². The molecule has 0 aliphatic carbocycles. The Labute approximate surface area is 124 Å². The van der Waals surface area contributed by atoms with E-state index in [0.717, 1.165) is 18.8 Å². The lowest BCUT2D eigenvalue weighted by Crippen LogP contribution is -2.36. The molecule has 0 spiro atoms. The molecular formula is C15H22N2O4. The van der Waals surface area contributed by atoms with Crippen LogP contribution in [0.4, 0.5) is 5.69 Å². The third kappa shape index (κ3) is 4.42. The number of nitrogens with zero attached hydrogens (tertiary/aromatic N) is 1. The second-order valence-electron chi connectivity index (χ2n) is 5.14. The summed E-state index contributed by atoms with van der Waals surface area (Å²) >= 11 is 0. The molecule has 1 aliphatic rings. The smallest absolute Gasteiger partial charge is 0.216 e. The Hall–Kier alpha value is -1.63. The first-order valence-electron chi connectivity index (χ1n) is 7.11. The van der Waals surface area contributed by atoms with Crippen molar-refractivity contribution in [2.45, 2.75) is 19.1 Å². The maximum atomic E-state index is 10.8. The molecule has 6 nitrogen and oxygen atoms in total. The van der Waals surface area contributed by atoms with Crippen molar-refractivity contribution in [3.63, 3.8) is 0 Å². The summed E-state index contributed by atoms with van der Waals surface area (Å²) in [5.41, 5.74) is 1.64. The molecule has 2 unspecified atom stereocenters. The van der Waals surface area contributed by atoms with E-state index in [1.54, 1.807) is 6.07 Å². The highest BCUT2D eigenvalue weighted by atomic mass is 16.5. The van der Waals surface area contributed by atoms with Crippen molar-refractivity contribution in [3.05, 3.63) is 29.8 Å². The number of amides is 1. The summed E-state index contributed by atoms with van der Waals surface area (Å²) in [6.07, 6.45) is -2.06. The summed E-state index contributed by atoms with van der Waals surface area (Å²) in [7, 11) is 0. The van der Waals surface area contributed by atoms with Gasteiger partial charge in [0.25, 0.3) is 0 Å². The highest BCUT2D eigenvalue weighted by Gasteiger charge is 2.20. The van der Waals surface area contributed by atoms with E-state index < -0.39 is 12.2 Å². The molecule has 6 heteroatoms. The average Bonchev–Trinajstić information content (AvgIpc) is 2.52. The molecule has 2 atom stereocenters. The topological polar surface area (TPSA) is 82.0 Å². The first-order chi connectivity index (χ1) is 10.1. The van der Waals surface area contributed by atoms with E-state index in [4.69, 9.17) is 4.74 Å². The van der Waals surface area contributed by atoms with Crippen molar-refractivity contribution >= 4 is 11.6 Å². The van der Waals surface area contributed by atoms with Crippen LogP contribution in [0.3, 0.4) is 0 Å². The second kappa shape index (κ2) is 7.40. The molecule has 0 saturated carbocycles. The lowest BCUT2D eigenvalue weighted by molar-refractivity contribution is -0.119. The summed E-state index contributed by atoms with van der Waals surface area (Å²) in [6.45, 7) is 4.41. The van der Waals surface area contributed by atoms with Gasteiger partial charge in [-0.3, -0.25) is 4.79 Å². The lowest BCUT2D eigenvalue weighted by atomic mass is 10.0. The standard InChI is InChI=1S/C15H22N2O4/c1-11(18)16-10-14(19)15(20)12-3-2-4-13(9-12)17-5-7-21-8-6-17/h2-4,9,14-15,19-20H,5-8,10H2,1H3,(H,16,18). The number of morpholine rings is 1. The van der Waals surface area contributed by atoms with Gasteiger partial charge in [-0.25, -0.2) is 0 Å². The molecular weight excluding hydrogens is 272 g/mol. The van der Waals surface area contributed by atoms with E-state index in [1.807, 2.05) is 18.2 Å². The molecule has 116 valence electrons. The van der Waals surface area contributed by atoms with Gasteiger partial charge in [0.2, 0.25) is 5.91 Å². The minimum absolute atomic E-state index is 0.0261. The fraction of sp³-hybridized carbons (Fsp3) is 0.533. The van der Waals surface area contributed by atoms with Crippen LogP contribution in [0.25, 0.3) is 0 Å². The van der Waals surface area contributed by atoms with Gasteiger partial charge < -0.3 is 25.2 Å². The monoisotopic (exact) mass is 294 g/mol. The zero-order chi connectivity index (χ0) is 15.2. The van der Waals surface area contributed by atoms with Crippen LogP contribution in [0, 0.1) is 0 Å². The van der Waals surface area contributed by atoms with Gasteiger partial charge in [-0.1, -0.05) is 12.1 Å². The minimum Gasteiger partial charge on any atom is -0.388 e. The quantitative estimate of drug-likeness (QED) is 0.715. The Balaban J connectivity index is 2.03. The normalized spacial score (nSPS) is 18.1. The van der Waals surface area contributed by atoms with Crippen LogP contribution in [0.1, 0.15) is 18.6 Å². The van der Waals surface area contributed by atoms with E-state index in [2.05, 4.69) is 10.2 Å². The van der Waals surface area contributed by atoms with Crippen LogP contribution in [-0.4, -0.2) is 55.1 Å². The maximum Gasteiger partial charge on any atom is 0.216 e. The van der Waals surface area contributed by atoms with E-state index >= 15 is 0 Å². The molecule has 0 bridgehead atoms.